The third-order valence-corrected chi connectivity index (χ3v) is 2.79. The molecule has 1 aromatic rings. The number of rotatable bonds is 1. The SMILES string of the molecule is NCc1cc(Cl)cc(C(F)(F)F)c1Br. The van der Waals surface area contributed by atoms with Gasteiger partial charge in [0.05, 0.1) is 5.56 Å². The lowest BCUT2D eigenvalue weighted by molar-refractivity contribution is -0.138. The highest BCUT2D eigenvalue weighted by molar-refractivity contribution is 9.10. The maximum absolute atomic E-state index is 12.4. The van der Waals surface area contributed by atoms with Gasteiger partial charge in [-0.15, -0.1) is 0 Å². The first-order valence-electron chi connectivity index (χ1n) is 3.61. The van der Waals surface area contributed by atoms with Crippen LogP contribution in [-0.2, 0) is 12.7 Å². The third kappa shape index (κ3) is 2.40. The van der Waals surface area contributed by atoms with E-state index < -0.39 is 11.7 Å². The molecule has 0 spiro atoms. The van der Waals surface area contributed by atoms with Gasteiger partial charge in [0.2, 0.25) is 0 Å². The Labute approximate surface area is 92.2 Å². The Kier molecular flexibility index (Phi) is 3.44. The predicted octanol–water partition coefficient (Wildman–Crippen LogP) is 3.58. The van der Waals surface area contributed by atoms with Gasteiger partial charge in [-0.3, -0.25) is 0 Å². The van der Waals surface area contributed by atoms with E-state index in [-0.39, 0.29) is 16.0 Å². The van der Waals surface area contributed by atoms with Gasteiger partial charge in [0.1, 0.15) is 0 Å². The minimum absolute atomic E-state index is 0.00419. The summed E-state index contributed by atoms with van der Waals surface area (Å²) in [5.41, 5.74) is 4.81. The van der Waals surface area contributed by atoms with Crippen LogP contribution in [0.4, 0.5) is 13.2 Å². The van der Waals surface area contributed by atoms with Crippen LogP contribution < -0.4 is 5.73 Å². The number of nitrogens with two attached hydrogens (primary N) is 1. The normalized spacial score (nSPS) is 11.9. The monoisotopic (exact) mass is 287 g/mol. The van der Waals surface area contributed by atoms with Gasteiger partial charge in [0.25, 0.3) is 0 Å². The van der Waals surface area contributed by atoms with Gasteiger partial charge in [0.15, 0.2) is 0 Å². The van der Waals surface area contributed by atoms with Crippen molar-refractivity contribution >= 4 is 27.5 Å². The molecule has 0 saturated heterocycles. The molecule has 0 radical (unpaired) electrons. The topological polar surface area (TPSA) is 26.0 Å². The standard InChI is InChI=1S/C8H6BrClF3N/c9-7-4(3-14)1-5(10)2-6(7)8(11,12)13/h1-2H,3,14H2. The zero-order valence-electron chi connectivity index (χ0n) is 6.83. The molecule has 0 saturated carbocycles. The van der Waals surface area contributed by atoms with Crippen LogP contribution in [0, 0.1) is 0 Å². The summed E-state index contributed by atoms with van der Waals surface area (Å²) >= 11 is 8.38. The Balaban J connectivity index is 3.37. The molecule has 0 unspecified atom stereocenters. The van der Waals surface area contributed by atoms with E-state index in [1.54, 1.807) is 0 Å². The average molecular weight is 288 g/mol. The molecular weight excluding hydrogens is 282 g/mol. The van der Waals surface area contributed by atoms with Crippen molar-refractivity contribution in [2.45, 2.75) is 12.7 Å². The molecule has 0 aliphatic heterocycles. The van der Waals surface area contributed by atoms with Crippen molar-refractivity contribution < 1.29 is 13.2 Å². The minimum atomic E-state index is -4.42. The Hall–Kier alpha value is -0.260. The van der Waals surface area contributed by atoms with Crippen molar-refractivity contribution in [1.29, 1.82) is 0 Å². The van der Waals surface area contributed by atoms with Crippen LogP contribution in [-0.4, -0.2) is 0 Å². The number of alkyl halides is 3. The maximum Gasteiger partial charge on any atom is 0.417 e. The van der Waals surface area contributed by atoms with E-state index in [0.717, 1.165) is 6.07 Å². The Morgan fingerprint density at radius 2 is 1.93 bits per heavy atom. The van der Waals surface area contributed by atoms with Gasteiger partial charge in [-0.05, 0) is 33.6 Å². The van der Waals surface area contributed by atoms with E-state index >= 15 is 0 Å². The Bertz CT molecular complexity index is 351. The molecule has 0 bridgehead atoms. The summed E-state index contributed by atoms with van der Waals surface area (Å²) in [5.74, 6) is 0. The van der Waals surface area contributed by atoms with Gasteiger partial charge in [-0.25, -0.2) is 0 Å². The molecule has 2 N–H and O–H groups in total. The smallest absolute Gasteiger partial charge is 0.326 e. The summed E-state index contributed by atoms with van der Waals surface area (Å²) in [6, 6.07) is 2.27. The average Bonchev–Trinajstić information content (AvgIpc) is 2.06. The van der Waals surface area contributed by atoms with E-state index in [1.807, 2.05) is 0 Å². The lowest BCUT2D eigenvalue weighted by atomic mass is 10.1. The summed E-state index contributed by atoms with van der Waals surface area (Å²) in [7, 11) is 0. The molecule has 0 amide bonds. The van der Waals surface area contributed by atoms with E-state index in [9.17, 15) is 13.2 Å². The van der Waals surface area contributed by atoms with Gasteiger partial charge in [-0.2, -0.15) is 13.2 Å². The van der Waals surface area contributed by atoms with Crippen molar-refractivity contribution in [2.24, 2.45) is 5.73 Å². The van der Waals surface area contributed by atoms with Crippen molar-refractivity contribution in [3.05, 3.63) is 32.8 Å². The molecule has 0 aromatic heterocycles. The van der Waals surface area contributed by atoms with E-state index in [4.69, 9.17) is 17.3 Å². The van der Waals surface area contributed by atoms with Gasteiger partial charge in [0, 0.05) is 16.0 Å². The number of benzene rings is 1. The van der Waals surface area contributed by atoms with Gasteiger partial charge < -0.3 is 5.73 Å². The van der Waals surface area contributed by atoms with Crippen molar-refractivity contribution in [1.82, 2.24) is 0 Å². The first kappa shape index (κ1) is 11.8. The molecule has 0 aliphatic rings. The highest BCUT2D eigenvalue weighted by Gasteiger charge is 2.34. The largest absolute Gasteiger partial charge is 0.417 e. The van der Waals surface area contributed by atoms with E-state index in [2.05, 4.69) is 15.9 Å². The molecule has 0 heterocycles. The maximum atomic E-state index is 12.4. The van der Waals surface area contributed by atoms with Crippen molar-refractivity contribution in [3.8, 4) is 0 Å². The van der Waals surface area contributed by atoms with Crippen LogP contribution in [0.5, 0.6) is 0 Å². The molecular formula is C8H6BrClF3N. The summed E-state index contributed by atoms with van der Waals surface area (Å²) in [4.78, 5) is 0. The summed E-state index contributed by atoms with van der Waals surface area (Å²) in [6.07, 6.45) is -4.42. The van der Waals surface area contributed by atoms with Crippen LogP contribution in [0.15, 0.2) is 16.6 Å². The third-order valence-electron chi connectivity index (χ3n) is 1.64. The second-order valence-corrected chi connectivity index (χ2v) is 3.86. The summed E-state index contributed by atoms with van der Waals surface area (Å²) in [6.45, 7) is 0.00419. The molecule has 14 heavy (non-hydrogen) atoms. The number of halogens is 5. The van der Waals surface area contributed by atoms with Crippen LogP contribution in [0.1, 0.15) is 11.1 Å². The van der Waals surface area contributed by atoms with Crippen LogP contribution in [0.25, 0.3) is 0 Å². The first-order chi connectivity index (χ1) is 6.36. The second-order valence-electron chi connectivity index (χ2n) is 2.63. The Morgan fingerprint density at radius 3 is 2.36 bits per heavy atom. The van der Waals surface area contributed by atoms with Crippen molar-refractivity contribution in [2.75, 3.05) is 0 Å². The lowest BCUT2D eigenvalue weighted by Gasteiger charge is -2.12. The van der Waals surface area contributed by atoms with Crippen LogP contribution in [0.3, 0.4) is 0 Å². The molecule has 0 fully saturated rings. The van der Waals surface area contributed by atoms with Crippen LogP contribution >= 0.6 is 27.5 Å². The highest BCUT2D eigenvalue weighted by atomic mass is 79.9. The number of hydrogen-bond acceptors (Lipinski definition) is 1. The molecule has 0 atom stereocenters. The van der Waals surface area contributed by atoms with E-state index in [0.29, 0.717) is 5.56 Å². The second kappa shape index (κ2) is 4.08. The molecule has 1 nitrogen and oxygen atoms in total. The highest BCUT2D eigenvalue weighted by Crippen LogP contribution is 2.38. The van der Waals surface area contributed by atoms with Crippen molar-refractivity contribution in [3.63, 3.8) is 0 Å². The summed E-state index contributed by atoms with van der Waals surface area (Å²) in [5, 5.41) is 0.0287. The Morgan fingerprint density at radius 1 is 1.36 bits per heavy atom. The van der Waals surface area contributed by atoms with E-state index in [1.165, 1.54) is 6.07 Å². The fourth-order valence-corrected chi connectivity index (χ4v) is 1.86. The fraction of sp³-hybridized carbons (Fsp3) is 0.250. The molecule has 6 heteroatoms. The quantitative estimate of drug-likeness (QED) is 0.840. The van der Waals surface area contributed by atoms with Crippen LogP contribution in [0.2, 0.25) is 5.02 Å². The predicted molar refractivity (Wildman–Crippen MR) is 52.0 cm³/mol. The molecule has 1 rings (SSSR count). The molecule has 1 aromatic carbocycles. The van der Waals surface area contributed by atoms with Gasteiger partial charge in [-0.1, -0.05) is 11.6 Å². The fourth-order valence-electron chi connectivity index (χ4n) is 1.00. The minimum Gasteiger partial charge on any atom is -0.326 e. The molecule has 0 aliphatic carbocycles. The molecule has 78 valence electrons. The zero-order chi connectivity index (χ0) is 10.9. The zero-order valence-corrected chi connectivity index (χ0v) is 9.17. The lowest BCUT2D eigenvalue weighted by Crippen LogP contribution is -2.09. The number of hydrogen-bond donors (Lipinski definition) is 1. The van der Waals surface area contributed by atoms with Gasteiger partial charge >= 0.3 is 6.18 Å². The first-order valence-corrected chi connectivity index (χ1v) is 4.78. The summed E-state index contributed by atoms with van der Waals surface area (Å²) < 4.78 is 37.2.